The molecule has 1 N–H and O–H groups in total. The summed E-state index contributed by atoms with van der Waals surface area (Å²) in [4.78, 5) is 4.56. The van der Waals surface area contributed by atoms with Crippen LogP contribution in [0, 0.1) is 0 Å². The van der Waals surface area contributed by atoms with Crippen LogP contribution in [0.5, 0.6) is 5.75 Å². The van der Waals surface area contributed by atoms with E-state index in [1.54, 1.807) is 11.3 Å². The Hall–Kier alpha value is -1.17. The number of ether oxygens (including phenoxy) is 1. The highest BCUT2D eigenvalue weighted by atomic mass is 79.9. The lowest BCUT2D eigenvalue weighted by atomic mass is 10.1. The first-order chi connectivity index (χ1) is 10.2. The third kappa shape index (κ3) is 3.73. The minimum atomic E-state index is 0.652. The van der Waals surface area contributed by atoms with Crippen molar-refractivity contribution in [3.63, 3.8) is 0 Å². The summed E-state index contributed by atoms with van der Waals surface area (Å²) in [5.74, 6) is 0.953. The zero-order valence-electron chi connectivity index (χ0n) is 11.9. The normalized spacial score (nSPS) is 13.5. The number of nitrogens with zero attached hydrogens (tertiary/aromatic N) is 1. The van der Waals surface area contributed by atoms with Crippen molar-refractivity contribution < 1.29 is 4.74 Å². The Kier molecular flexibility index (Phi) is 4.73. The Morgan fingerprint density at radius 1 is 1.38 bits per heavy atom. The maximum Gasteiger partial charge on any atom is 0.127 e. The van der Waals surface area contributed by atoms with Gasteiger partial charge in [-0.25, -0.2) is 4.98 Å². The van der Waals surface area contributed by atoms with Crippen LogP contribution in [0.2, 0.25) is 0 Å². The molecule has 0 radical (unpaired) electrons. The third-order valence-electron chi connectivity index (χ3n) is 3.30. The molecule has 0 saturated heterocycles. The van der Waals surface area contributed by atoms with Crippen LogP contribution in [-0.2, 0) is 13.0 Å². The maximum absolute atomic E-state index is 5.77. The number of hydrogen-bond donors (Lipinski definition) is 1. The van der Waals surface area contributed by atoms with Crippen molar-refractivity contribution in [3.05, 3.63) is 49.9 Å². The van der Waals surface area contributed by atoms with E-state index >= 15 is 0 Å². The fourth-order valence-corrected chi connectivity index (χ4v) is 3.36. The van der Waals surface area contributed by atoms with Gasteiger partial charge in [-0.15, -0.1) is 11.3 Å². The molecule has 3 rings (SSSR count). The fraction of sp³-hybridized carbons (Fsp3) is 0.312. The van der Waals surface area contributed by atoms with Crippen LogP contribution in [0.3, 0.4) is 0 Å². The average Bonchev–Trinajstić information content (AvgIpc) is 2.95. The van der Waals surface area contributed by atoms with Gasteiger partial charge in [0.1, 0.15) is 12.4 Å². The lowest BCUT2D eigenvalue weighted by Gasteiger charge is -2.18. The molecule has 110 valence electrons. The quantitative estimate of drug-likeness (QED) is 0.869. The zero-order valence-corrected chi connectivity index (χ0v) is 14.3. The van der Waals surface area contributed by atoms with Crippen molar-refractivity contribution in [2.75, 3.05) is 13.2 Å². The molecule has 0 saturated carbocycles. The summed E-state index contributed by atoms with van der Waals surface area (Å²) in [7, 11) is 0. The Bertz CT molecular complexity index is 666. The van der Waals surface area contributed by atoms with Gasteiger partial charge >= 0.3 is 0 Å². The van der Waals surface area contributed by atoms with Gasteiger partial charge in [0.05, 0.1) is 10.7 Å². The number of fused-ring (bicyclic) bond motifs is 1. The third-order valence-corrected chi connectivity index (χ3v) is 4.84. The largest absolute Gasteiger partial charge is 0.489 e. The monoisotopic (exact) mass is 364 g/mol. The van der Waals surface area contributed by atoms with Gasteiger partial charge in [-0.05, 0) is 36.3 Å². The van der Waals surface area contributed by atoms with E-state index in [2.05, 4.69) is 50.7 Å². The molecule has 1 aromatic heterocycles. The summed E-state index contributed by atoms with van der Waals surface area (Å²) in [5.41, 5.74) is 3.51. The first-order valence-corrected chi connectivity index (χ1v) is 8.67. The number of thiazole rings is 1. The summed E-state index contributed by atoms with van der Waals surface area (Å²) in [5, 5.41) is 6.77. The highest BCUT2D eigenvalue weighted by Gasteiger charge is 2.11. The molecule has 0 unspecified atom stereocenters. The molecule has 2 heterocycles. The maximum atomic E-state index is 5.77. The second-order valence-corrected chi connectivity index (χ2v) is 6.82. The predicted molar refractivity (Wildman–Crippen MR) is 90.8 cm³/mol. The van der Waals surface area contributed by atoms with E-state index in [-0.39, 0.29) is 0 Å². The van der Waals surface area contributed by atoms with Crippen LogP contribution in [0.4, 0.5) is 0 Å². The summed E-state index contributed by atoms with van der Waals surface area (Å²) < 4.78 is 6.85. The molecular weight excluding hydrogens is 348 g/mol. The highest BCUT2D eigenvalue weighted by molar-refractivity contribution is 9.10. The number of aryl methyl sites for hydroxylation is 1. The Morgan fingerprint density at radius 2 is 2.29 bits per heavy atom. The molecule has 5 heteroatoms. The molecule has 1 aliphatic heterocycles. The zero-order chi connectivity index (χ0) is 14.7. The molecular formula is C16H17BrN2OS. The first kappa shape index (κ1) is 14.8. The molecule has 0 fully saturated rings. The van der Waals surface area contributed by atoms with E-state index < -0.39 is 0 Å². The van der Waals surface area contributed by atoms with Gasteiger partial charge in [0, 0.05) is 28.5 Å². The van der Waals surface area contributed by atoms with Gasteiger partial charge in [0.25, 0.3) is 0 Å². The van der Waals surface area contributed by atoms with Crippen LogP contribution in [0.15, 0.2) is 33.6 Å². The molecule has 3 nitrogen and oxygen atoms in total. The van der Waals surface area contributed by atoms with Gasteiger partial charge in [0.2, 0.25) is 0 Å². The number of benzene rings is 1. The smallest absolute Gasteiger partial charge is 0.127 e. The second kappa shape index (κ2) is 6.73. The van der Waals surface area contributed by atoms with Crippen molar-refractivity contribution in [2.24, 2.45) is 0 Å². The first-order valence-electron chi connectivity index (χ1n) is 7.00. The lowest BCUT2D eigenvalue weighted by molar-refractivity contribution is 0.343. The summed E-state index contributed by atoms with van der Waals surface area (Å²) >= 11 is 5.23. The van der Waals surface area contributed by atoms with Gasteiger partial charge in [-0.1, -0.05) is 22.9 Å². The predicted octanol–water partition coefficient (Wildman–Crippen LogP) is 4.03. The van der Waals surface area contributed by atoms with Crippen LogP contribution in [0.1, 0.15) is 23.2 Å². The number of nitrogens with one attached hydrogen (secondary N) is 1. The van der Waals surface area contributed by atoms with E-state index in [1.807, 2.05) is 12.1 Å². The molecule has 0 amide bonds. The standard InChI is InChI=1S/C16H17BrN2OS/c1-2-16-19-14(10-21-16)8-18-7-11-5-12-6-13(17)3-4-15(12)20-9-11/h3-6,10,18H,2,7-9H2,1H3. The van der Waals surface area contributed by atoms with Crippen molar-refractivity contribution in [3.8, 4) is 5.75 Å². The van der Waals surface area contributed by atoms with Crippen molar-refractivity contribution in [1.82, 2.24) is 10.3 Å². The minimum absolute atomic E-state index is 0.652. The summed E-state index contributed by atoms with van der Waals surface area (Å²) in [6.07, 6.45) is 3.21. The average molecular weight is 365 g/mol. The number of hydrogen-bond acceptors (Lipinski definition) is 4. The van der Waals surface area contributed by atoms with Gasteiger partial charge in [-0.2, -0.15) is 0 Å². The number of rotatable bonds is 5. The second-order valence-electron chi connectivity index (χ2n) is 4.96. The van der Waals surface area contributed by atoms with Gasteiger partial charge < -0.3 is 10.1 Å². The fourth-order valence-electron chi connectivity index (χ4n) is 2.24. The van der Waals surface area contributed by atoms with Crippen LogP contribution in [-0.4, -0.2) is 18.1 Å². The number of halogens is 1. The van der Waals surface area contributed by atoms with Crippen LogP contribution in [0.25, 0.3) is 6.08 Å². The topological polar surface area (TPSA) is 34.2 Å². The highest BCUT2D eigenvalue weighted by Crippen LogP contribution is 2.28. The SMILES string of the molecule is CCc1nc(CNCC2=Cc3cc(Br)ccc3OC2)cs1. The summed E-state index contributed by atoms with van der Waals surface area (Å²) in [6.45, 7) is 4.42. The van der Waals surface area contributed by atoms with E-state index in [9.17, 15) is 0 Å². The molecule has 0 bridgehead atoms. The van der Waals surface area contributed by atoms with Crippen LogP contribution < -0.4 is 10.1 Å². The van der Waals surface area contributed by atoms with Gasteiger partial charge in [-0.3, -0.25) is 0 Å². The molecule has 1 aliphatic rings. The Balaban J connectivity index is 1.58. The van der Waals surface area contributed by atoms with Crippen molar-refractivity contribution >= 4 is 33.3 Å². The minimum Gasteiger partial charge on any atom is -0.489 e. The molecule has 0 aliphatic carbocycles. The molecule has 0 spiro atoms. The summed E-state index contributed by atoms with van der Waals surface area (Å²) in [6, 6.07) is 6.09. The van der Waals surface area contributed by atoms with E-state index in [0.29, 0.717) is 6.61 Å². The van der Waals surface area contributed by atoms with Crippen molar-refractivity contribution in [1.29, 1.82) is 0 Å². The molecule has 1 aromatic carbocycles. The lowest BCUT2D eigenvalue weighted by Crippen LogP contribution is -2.21. The van der Waals surface area contributed by atoms with E-state index in [4.69, 9.17) is 4.74 Å². The van der Waals surface area contributed by atoms with Gasteiger partial charge in [0.15, 0.2) is 0 Å². The number of aromatic nitrogens is 1. The molecule has 0 atom stereocenters. The molecule has 21 heavy (non-hydrogen) atoms. The Labute approximate surface area is 137 Å². The van der Waals surface area contributed by atoms with Crippen LogP contribution >= 0.6 is 27.3 Å². The van der Waals surface area contributed by atoms with E-state index in [1.165, 1.54) is 10.6 Å². The molecule has 2 aromatic rings. The van der Waals surface area contributed by atoms with E-state index in [0.717, 1.165) is 41.0 Å². The van der Waals surface area contributed by atoms with Crippen molar-refractivity contribution in [2.45, 2.75) is 19.9 Å². The Morgan fingerprint density at radius 3 is 3.10 bits per heavy atom.